The number of halogens is 3. The number of ether oxygens (including phenoxy) is 3. The number of carbonyl (C=O) groups excluding carboxylic acids is 2. The summed E-state index contributed by atoms with van der Waals surface area (Å²) in [7, 11) is 0. The molecule has 1 N–H and O–H groups in total. The van der Waals surface area contributed by atoms with Gasteiger partial charge in [-0.1, -0.05) is 38.1 Å². The number of amides is 1. The minimum absolute atomic E-state index is 0.0867. The highest BCUT2D eigenvalue weighted by atomic mass is 19.4. The summed E-state index contributed by atoms with van der Waals surface area (Å²) >= 11 is 0. The van der Waals surface area contributed by atoms with Crippen molar-refractivity contribution in [2.75, 3.05) is 19.6 Å². The largest absolute Gasteiger partial charge is 0.573 e. The quantitative estimate of drug-likeness (QED) is 0.170. The Morgan fingerprint density at radius 3 is 2.72 bits per heavy atom. The Hall–Kier alpha value is -3.83. The maximum Gasteiger partial charge on any atom is 0.573 e. The van der Waals surface area contributed by atoms with E-state index in [1.54, 1.807) is 17.0 Å². The molecule has 2 bridgehead atoms. The van der Waals surface area contributed by atoms with Crippen LogP contribution in [0.25, 0.3) is 6.08 Å². The second-order valence-electron chi connectivity index (χ2n) is 13.2. The fraction of sp³-hybridized carbons (Fsp3) is 0.486. The molecule has 246 valence electrons. The van der Waals surface area contributed by atoms with E-state index in [9.17, 15) is 27.9 Å². The zero-order valence-corrected chi connectivity index (χ0v) is 26.2. The highest BCUT2D eigenvalue weighted by Crippen LogP contribution is 2.66. The first kappa shape index (κ1) is 32.1. The number of carbonyl (C=O) groups is 2. The Morgan fingerprint density at radius 2 is 2.02 bits per heavy atom. The van der Waals surface area contributed by atoms with Gasteiger partial charge >= 0.3 is 12.3 Å². The molecule has 1 amide bonds. The van der Waals surface area contributed by atoms with Crippen molar-refractivity contribution >= 4 is 18.0 Å². The van der Waals surface area contributed by atoms with Crippen LogP contribution in [-0.2, 0) is 21.4 Å². The van der Waals surface area contributed by atoms with Gasteiger partial charge in [0, 0.05) is 37.7 Å². The van der Waals surface area contributed by atoms with Crippen LogP contribution in [0.15, 0.2) is 55.1 Å². The van der Waals surface area contributed by atoms with Gasteiger partial charge in [0.05, 0.1) is 17.1 Å². The van der Waals surface area contributed by atoms with Crippen LogP contribution in [0.2, 0.25) is 0 Å². The van der Waals surface area contributed by atoms with Gasteiger partial charge in [-0.3, -0.25) is 14.5 Å². The first-order chi connectivity index (χ1) is 21.8. The number of esters is 1. The predicted octanol–water partition coefficient (Wildman–Crippen LogP) is 5.42. The molecule has 11 heteroatoms. The van der Waals surface area contributed by atoms with Gasteiger partial charge < -0.3 is 24.2 Å². The summed E-state index contributed by atoms with van der Waals surface area (Å²) in [5.74, 6) is -0.348. The smallest absolute Gasteiger partial charge is 0.483 e. The van der Waals surface area contributed by atoms with Gasteiger partial charge in [0.15, 0.2) is 11.5 Å². The summed E-state index contributed by atoms with van der Waals surface area (Å²) in [5.41, 5.74) is 0.261. The van der Waals surface area contributed by atoms with Crippen molar-refractivity contribution in [1.82, 2.24) is 9.80 Å². The molecule has 2 aromatic carbocycles. The third kappa shape index (κ3) is 5.37. The van der Waals surface area contributed by atoms with E-state index in [4.69, 9.17) is 9.47 Å². The average Bonchev–Trinajstić information content (AvgIpc) is 3.32. The summed E-state index contributed by atoms with van der Waals surface area (Å²) in [5, 5.41) is 12.8. The van der Waals surface area contributed by atoms with Crippen molar-refractivity contribution in [1.29, 1.82) is 0 Å². The lowest BCUT2D eigenvalue weighted by atomic mass is 9.48. The Labute approximate surface area is 266 Å². The minimum atomic E-state index is -4.83. The molecule has 4 aliphatic rings. The molecule has 5 atom stereocenters. The Kier molecular flexibility index (Phi) is 8.21. The van der Waals surface area contributed by atoms with Crippen LogP contribution >= 0.6 is 0 Å². The fourth-order valence-electron chi connectivity index (χ4n) is 8.39. The van der Waals surface area contributed by atoms with Crippen molar-refractivity contribution in [2.24, 2.45) is 5.92 Å². The normalized spacial score (nSPS) is 28.0. The molecule has 0 unspecified atom stereocenters. The zero-order chi connectivity index (χ0) is 33.0. The number of hydrogen-bond donors (Lipinski definition) is 1. The number of hydrogen-bond acceptors (Lipinski definition) is 7. The summed E-state index contributed by atoms with van der Waals surface area (Å²) in [6.45, 7) is 11.0. The van der Waals surface area contributed by atoms with E-state index in [1.165, 1.54) is 37.3 Å². The van der Waals surface area contributed by atoms with Crippen molar-refractivity contribution < 1.29 is 42.1 Å². The average molecular weight is 641 g/mol. The molecule has 1 saturated carbocycles. The number of alkyl halides is 3. The van der Waals surface area contributed by atoms with E-state index in [0.29, 0.717) is 62.4 Å². The third-order valence-electron chi connectivity index (χ3n) is 9.90. The van der Waals surface area contributed by atoms with E-state index in [1.807, 2.05) is 26.0 Å². The van der Waals surface area contributed by atoms with Crippen LogP contribution in [-0.4, -0.2) is 76.6 Å². The van der Waals surface area contributed by atoms with Gasteiger partial charge in [-0.25, -0.2) is 0 Å². The molecule has 0 radical (unpaired) electrons. The second kappa shape index (κ2) is 11.8. The summed E-state index contributed by atoms with van der Waals surface area (Å²) in [4.78, 5) is 30.1. The van der Waals surface area contributed by atoms with Gasteiger partial charge in [0.2, 0.25) is 5.91 Å². The Morgan fingerprint density at radius 1 is 1.24 bits per heavy atom. The molecular formula is C35H39F3N2O6. The fourth-order valence-corrected chi connectivity index (χ4v) is 8.39. The van der Waals surface area contributed by atoms with E-state index < -0.39 is 35.5 Å². The summed E-state index contributed by atoms with van der Waals surface area (Å²) < 4.78 is 54.8. The van der Waals surface area contributed by atoms with Gasteiger partial charge in [0.1, 0.15) is 11.9 Å². The van der Waals surface area contributed by atoms with Gasteiger partial charge in [-0.05, 0) is 73.5 Å². The van der Waals surface area contributed by atoms with E-state index in [0.717, 1.165) is 11.1 Å². The molecule has 8 nitrogen and oxygen atoms in total. The van der Waals surface area contributed by atoms with Crippen molar-refractivity contribution in [2.45, 2.75) is 82.0 Å². The number of likely N-dealkylation sites (tertiary alicyclic amines) is 1. The molecule has 2 heterocycles. The standard InChI is InChI=1S/C35H39F3N2O6/c1-5-16-39-17-15-33-30-24-10-11-27(44-22(4)41)31(30)45-32(33)26(13-14-34(33,43)28(39)19-24)40(20-21(2)3)29(42)12-9-23-7-6-8-25(18-23)46-35(36,37)38/h5-12,18,21,26,28,32,43H,1,13-17,19-20H2,2-4H3/t26-,28-,32+,33+,34-/m1/s1. The van der Waals surface area contributed by atoms with Crippen LogP contribution in [0, 0.1) is 5.92 Å². The van der Waals surface area contributed by atoms with E-state index >= 15 is 0 Å². The minimum Gasteiger partial charge on any atom is -0.483 e. The predicted molar refractivity (Wildman–Crippen MR) is 164 cm³/mol. The van der Waals surface area contributed by atoms with Crippen LogP contribution in [0.3, 0.4) is 0 Å². The monoisotopic (exact) mass is 640 g/mol. The zero-order valence-electron chi connectivity index (χ0n) is 26.2. The molecular weight excluding hydrogens is 601 g/mol. The summed E-state index contributed by atoms with van der Waals surface area (Å²) in [6, 6.07) is 8.51. The second-order valence-corrected chi connectivity index (χ2v) is 13.2. The van der Waals surface area contributed by atoms with Crippen LogP contribution in [0.1, 0.15) is 56.7 Å². The molecule has 1 saturated heterocycles. The van der Waals surface area contributed by atoms with Crippen molar-refractivity contribution in [3.05, 3.63) is 71.8 Å². The van der Waals surface area contributed by atoms with Gasteiger partial charge in [0.25, 0.3) is 0 Å². The van der Waals surface area contributed by atoms with Gasteiger partial charge in [-0.2, -0.15) is 0 Å². The number of piperidine rings is 1. The van der Waals surface area contributed by atoms with Crippen LogP contribution in [0.5, 0.6) is 17.2 Å². The highest BCUT2D eigenvalue weighted by Gasteiger charge is 2.73. The molecule has 46 heavy (non-hydrogen) atoms. The molecule has 0 aromatic heterocycles. The van der Waals surface area contributed by atoms with Crippen LogP contribution in [0.4, 0.5) is 13.2 Å². The number of aliphatic hydroxyl groups is 1. The number of benzene rings is 2. The van der Waals surface area contributed by atoms with Gasteiger partial charge in [-0.15, -0.1) is 19.8 Å². The molecule has 6 rings (SSSR count). The Bertz CT molecular complexity index is 1570. The molecule has 2 fully saturated rings. The maximum absolute atomic E-state index is 14.0. The number of nitrogens with zero attached hydrogens (tertiary/aromatic N) is 2. The maximum atomic E-state index is 14.0. The molecule has 2 aromatic rings. The SMILES string of the molecule is C=CCN1CC[C@]23c4c5ccc(OC(C)=O)c4O[C@H]2[C@H](N(CC(C)C)C(=O)C=Cc2cccc(OC(F)(F)F)c2)CC[C@@]3(O)[C@H]1C5. The first-order valence-corrected chi connectivity index (χ1v) is 15.7. The lowest BCUT2D eigenvalue weighted by molar-refractivity contribution is -0.274. The van der Waals surface area contributed by atoms with Crippen molar-refractivity contribution in [3.8, 4) is 17.2 Å². The lowest BCUT2D eigenvalue weighted by Crippen LogP contribution is -2.78. The molecule has 2 aliphatic heterocycles. The third-order valence-corrected chi connectivity index (χ3v) is 9.90. The first-order valence-electron chi connectivity index (χ1n) is 15.7. The summed E-state index contributed by atoms with van der Waals surface area (Å²) in [6.07, 6.45) is 1.30. The molecule has 2 aliphatic carbocycles. The topological polar surface area (TPSA) is 88.5 Å². The highest BCUT2D eigenvalue weighted by molar-refractivity contribution is 5.92. The lowest BCUT2D eigenvalue weighted by Gasteiger charge is -2.64. The Balaban J connectivity index is 1.39. The molecule has 1 spiro atoms. The number of rotatable bonds is 9. The van der Waals surface area contributed by atoms with Crippen molar-refractivity contribution in [3.63, 3.8) is 0 Å². The van der Waals surface area contributed by atoms with Crippen LogP contribution < -0.4 is 14.2 Å². The van der Waals surface area contributed by atoms with E-state index in [-0.39, 0.29) is 23.6 Å². The van der Waals surface area contributed by atoms with E-state index in [2.05, 4.69) is 16.2 Å².